The highest BCUT2D eigenvalue weighted by Gasteiger charge is 2.56. The van der Waals surface area contributed by atoms with Gasteiger partial charge in [-0.15, -0.1) is 0 Å². The average molecular weight is 580 g/mol. The number of hydrogen-bond donors (Lipinski definition) is 3. The van der Waals surface area contributed by atoms with Crippen LogP contribution >= 0.6 is 7.75 Å². The molecule has 0 bridgehead atoms. The molecule has 3 N–H and O–H groups in total. The molecule has 40 heavy (non-hydrogen) atoms. The number of aromatic nitrogens is 3. The van der Waals surface area contributed by atoms with Gasteiger partial charge in [0, 0.05) is 12.7 Å². The number of nitrogens with zero attached hydrogens (tertiary/aromatic N) is 3. The topological polar surface area (TPSA) is 146 Å². The number of halogens is 1. The third kappa shape index (κ3) is 6.45. The summed E-state index contributed by atoms with van der Waals surface area (Å²) in [5.74, 6) is -0.461. The minimum Gasteiger partial charge on any atom is -0.462 e. The fraction of sp³-hybridized carbons (Fsp3) is 0.500. The minimum absolute atomic E-state index is 0.205. The number of fused-ring (bicyclic) bond motifs is 1. The summed E-state index contributed by atoms with van der Waals surface area (Å²) < 4.78 is 53.5. The Morgan fingerprint density at radius 1 is 1.25 bits per heavy atom. The zero-order valence-electron chi connectivity index (χ0n) is 23.0. The highest BCUT2D eigenvalue weighted by molar-refractivity contribution is 7.52. The second-order valence-corrected chi connectivity index (χ2v) is 11.6. The molecule has 0 spiro atoms. The molecule has 12 nitrogen and oxygen atoms in total. The summed E-state index contributed by atoms with van der Waals surface area (Å²) in [6.07, 6.45) is -1.66. The van der Waals surface area contributed by atoms with Crippen LogP contribution in [0.3, 0.4) is 0 Å². The van der Waals surface area contributed by atoms with Gasteiger partial charge in [-0.2, -0.15) is 5.09 Å². The van der Waals surface area contributed by atoms with Gasteiger partial charge in [0.1, 0.15) is 29.5 Å². The smallest absolute Gasteiger partial charge is 0.459 e. The van der Waals surface area contributed by atoms with E-state index in [4.69, 9.17) is 18.5 Å². The average Bonchev–Trinajstić information content (AvgIpc) is 3.42. The first kappa shape index (κ1) is 29.9. The number of ether oxygens (including phenoxy) is 2. The third-order valence-electron chi connectivity index (χ3n) is 6.23. The van der Waals surface area contributed by atoms with Gasteiger partial charge in [-0.05, 0) is 52.8 Å². The Balaban J connectivity index is 1.54. The van der Waals surface area contributed by atoms with Crippen molar-refractivity contribution in [2.45, 2.75) is 70.9 Å². The van der Waals surface area contributed by atoms with E-state index in [1.165, 1.54) is 24.7 Å². The van der Waals surface area contributed by atoms with Crippen LogP contribution in [0.5, 0.6) is 5.75 Å². The van der Waals surface area contributed by atoms with Crippen LogP contribution in [0.15, 0.2) is 48.9 Å². The monoisotopic (exact) mass is 579 g/mol. The van der Waals surface area contributed by atoms with Crippen molar-refractivity contribution in [1.29, 1.82) is 0 Å². The number of aliphatic hydroxyl groups excluding tert-OH is 1. The molecule has 0 saturated carbocycles. The second-order valence-electron chi connectivity index (χ2n) is 9.87. The Labute approximate surface area is 231 Å². The first-order valence-electron chi connectivity index (χ1n) is 13.0. The van der Waals surface area contributed by atoms with Gasteiger partial charge >= 0.3 is 13.7 Å². The minimum atomic E-state index is -4.25. The predicted octanol–water partition coefficient (Wildman–Crippen LogP) is 3.98. The maximum absolute atomic E-state index is 16.0. The van der Waals surface area contributed by atoms with Gasteiger partial charge in [0.05, 0.1) is 24.7 Å². The van der Waals surface area contributed by atoms with E-state index in [1.54, 1.807) is 56.4 Å². The van der Waals surface area contributed by atoms with Crippen molar-refractivity contribution < 1.29 is 37.4 Å². The number of hydrogen-bond acceptors (Lipinski definition) is 10. The number of para-hydroxylation sites is 1. The van der Waals surface area contributed by atoms with Gasteiger partial charge in [-0.25, -0.2) is 18.9 Å². The predicted molar refractivity (Wildman–Crippen MR) is 146 cm³/mol. The highest BCUT2D eigenvalue weighted by atomic mass is 31.2. The molecule has 218 valence electrons. The van der Waals surface area contributed by atoms with Crippen LogP contribution in [-0.2, 0) is 23.4 Å². The lowest BCUT2D eigenvalue weighted by Crippen LogP contribution is -2.41. The molecule has 14 heteroatoms. The molecule has 0 amide bonds. The fourth-order valence-electron chi connectivity index (χ4n) is 4.29. The molecule has 3 heterocycles. The van der Waals surface area contributed by atoms with Crippen LogP contribution in [0.25, 0.3) is 11.2 Å². The number of benzene rings is 1. The second kappa shape index (κ2) is 12.2. The molecule has 3 aromatic rings. The van der Waals surface area contributed by atoms with E-state index in [0.29, 0.717) is 17.7 Å². The third-order valence-corrected chi connectivity index (χ3v) is 7.88. The largest absolute Gasteiger partial charge is 0.462 e. The maximum Gasteiger partial charge on any atom is 0.459 e. The molecule has 1 aliphatic rings. The number of pyridine rings is 1. The molecule has 0 aliphatic carbocycles. The van der Waals surface area contributed by atoms with Crippen LogP contribution in [0.2, 0.25) is 0 Å². The first-order valence-corrected chi connectivity index (χ1v) is 14.5. The van der Waals surface area contributed by atoms with E-state index in [1.807, 2.05) is 6.92 Å². The van der Waals surface area contributed by atoms with Crippen molar-refractivity contribution in [1.82, 2.24) is 19.6 Å². The SMILES string of the molecule is CCNc1ccnc2c1ncn2[C@@H]1O[C@H](COP(=O)(N[C@@H](C)C(=O)OC(C)C)Oc2ccccc2)[C@@H](O)[C@@]1(C)F. The summed E-state index contributed by atoms with van der Waals surface area (Å²) in [5, 5.41) is 16.6. The van der Waals surface area contributed by atoms with Gasteiger partial charge < -0.3 is 24.4 Å². The molecule has 4 rings (SSSR count). The van der Waals surface area contributed by atoms with Crippen molar-refractivity contribution >= 4 is 30.6 Å². The molecule has 2 aromatic heterocycles. The van der Waals surface area contributed by atoms with Crippen molar-refractivity contribution in [2.24, 2.45) is 0 Å². The fourth-order valence-corrected chi connectivity index (χ4v) is 5.80. The lowest BCUT2D eigenvalue weighted by atomic mass is 9.98. The molecular weight excluding hydrogens is 544 g/mol. The number of rotatable bonds is 12. The normalized spacial score (nSPS) is 25.1. The lowest BCUT2D eigenvalue weighted by molar-refractivity contribution is -0.149. The van der Waals surface area contributed by atoms with E-state index in [9.17, 15) is 14.5 Å². The number of carbonyl (C=O) groups excluding carboxylic acids is 1. The quantitative estimate of drug-likeness (QED) is 0.212. The summed E-state index contributed by atoms with van der Waals surface area (Å²) in [6, 6.07) is 8.89. The van der Waals surface area contributed by atoms with E-state index < -0.39 is 56.6 Å². The Morgan fingerprint density at radius 2 is 1.98 bits per heavy atom. The lowest BCUT2D eigenvalue weighted by Gasteiger charge is -2.25. The molecule has 1 unspecified atom stereocenters. The van der Waals surface area contributed by atoms with Crippen molar-refractivity contribution in [3.05, 3.63) is 48.9 Å². The van der Waals surface area contributed by atoms with Crippen LogP contribution in [0.1, 0.15) is 40.8 Å². The van der Waals surface area contributed by atoms with E-state index in [2.05, 4.69) is 20.4 Å². The first-order chi connectivity index (χ1) is 18.9. The number of esters is 1. The number of alkyl halides is 1. The van der Waals surface area contributed by atoms with Crippen molar-refractivity contribution in [2.75, 3.05) is 18.5 Å². The Morgan fingerprint density at radius 3 is 2.65 bits per heavy atom. The maximum atomic E-state index is 16.0. The van der Waals surface area contributed by atoms with E-state index >= 15 is 4.39 Å². The Kier molecular flexibility index (Phi) is 9.11. The summed E-state index contributed by atoms with van der Waals surface area (Å²) in [7, 11) is -4.25. The van der Waals surface area contributed by atoms with Gasteiger partial charge in [-0.1, -0.05) is 18.2 Å². The number of imidazole rings is 1. The van der Waals surface area contributed by atoms with Crippen molar-refractivity contribution in [3.63, 3.8) is 0 Å². The molecular formula is C26H35FN5O7P. The van der Waals surface area contributed by atoms with Gasteiger partial charge in [0.2, 0.25) is 0 Å². The molecule has 1 saturated heterocycles. The zero-order valence-corrected chi connectivity index (χ0v) is 23.9. The summed E-state index contributed by atoms with van der Waals surface area (Å²) in [4.78, 5) is 21.1. The number of nitrogens with one attached hydrogen (secondary N) is 2. The molecule has 1 aromatic carbocycles. The van der Waals surface area contributed by atoms with Crippen LogP contribution in [0, 0.1) is 0 Å². The Bertz CT molecular complexity index is 1360. The number of aliphatic hydroxyl groups is 1. The number of carbonyl (C=O) groups is 1. The van der Waals surface area contributed by atoms with Crippen LogP contribution < -0.4 is 14.9 Å². The molecule has 6 atom stereocenters. The van der Waals surface area contributed by atoms with Crippen LogP contribution in [0.4, 0.5) is 10.1 Å². The van der Waals surface area contributed by atoms with Crippen LogP contribution in [-0.4, -0.2) is 68.8 Å². The van der Waals surface area contributed by atoms with Gasteiger partial charge in [0.25, 0.3) is 0 Å². The van der Waals surface area contributed by atoms with E-state index in [-0.39, 0.29) is 5.75 Å². The summed E-state index contributed by atoms with van der Waals surface area (Å²) in [6.45, 7) is 8.08. The zero-order chi connectivity index (χ0) is 29.1. The van der Waals surface area contributed by atoms with E-state index in [0.717, 1.165) is 5.69 Å². The standard InChI is InChI=1S/C26H35FN5O7P/c1-6-28-19-12-13-29-23-21(19)30-15-32(23)25-26(5,27)22(33)20(38-25)14-36-40(35,39-18-10-8-7-9-11-18)31-17(4)24(34)37-16(2)3/h7-13,15-17,20,22,25,33H,6,14H2,1-5H3,(H,28,29)(H,31,35)/t17-,20+,22+,25+,26+,40?/m0/s1. The van der Waals surface area contributed by atoms with Gasteiger partial charge in [-0.3, -0.25) is 13.9 Å². The molecule has 1 aliphatic heterocycles. The molecule has 0 radical (unpaired) electrons. The van der Waals surface area contributed by atoms with Gasteiger partial charge in [0.15, 0.2) is 17.5 Å². The summed E-state index contributed by atoms with van der Waals surface area (Å²) in [5.41, 5.74) is -0.687. The molecule has 1 fully saturated rings. The highest BCUT2D eigenvalue weighted by Crippen LogP contribution is 2.48. The number of anilines is 1. The summed E-state index contributed by atoms with van der Waals surface area (Å²) >= 11 is 0. The van der Waals surface area contributed by atoms with Crippen molar-refractivity contribution in [3.8, 4) is 5.75 Å². The Hall–Kier alpha value is -3.09.